The molecule has 4 heteroatoms. The smallest absolute Gasteiger partial charge is 0.203 e. The van der Waals surface area contributed by atoms with Gasteiger partial charge in [-0.3, -0.25) is 0 Å². The lowest BCUT2D eigenvalue weighted by atomic mass is 9.68. The predicted octanol–water partition coefficient (Wildman–Crippen LogP) is 3.70. The van der Waals surface area contributed by atoms with Crippen molar-refractivity contribution in [1.29, 1.82) is 0 Å². The van der Waals surface area contributed by atoms with Gasteiger partial charge in [0, 0.05) is 18.8 Å². The quantitative estimate of drug-likeness (QED) is 0.785. The van der Waals surface area contributed by atoms with Gasteiger partial charge in [0.25, 0.3) is 0 Å². The molecule has 2 aromatic rings. The number of aromatic nitrogens is 2. The maximum atomic E-state index is 5.84. The summed E-state index contributed by atoms with van der Waals surface area (Å²) in [6, 6.07) is 5.88. The van der Waals surface area contributed by atoms with Crippen molar-refractivity contribution in [2.24, 2.45) is 5.41 Å². The van der Waals surface area contributed by atoms with Crippen molar-refractivity contribution in [2.45, 2.75) is 44.9 Å². The Kier molecular flexibility index (Phi) is 3.05. The number of fused-ring (bicyclic) bond motifs is 1. The molecule has 1 aliphatic heterocycles. The number of nitrogens with one attached hydrogen (secondary N) is 1. The van der Waals surface area contributed by atoms with Crippen molar-refractivity contribution < 1.29 is 0 Å². The Morgan fingerprint density at radius 2 is 1.81 bits per heavy atom. The van der Waals surface area contributed by atoms with Gasteiger partial charge in [0.05, 0.1) is 11.0 Å². The molecule has 2 fully saturated rings. The number of anilines is 2. The van der Waals surface area contributed by atoms with Crippen LogP contribution in [0.25, 0.3) is 11.0 Å². The molecule has 1 aromatic heterocycles. The van der Waals surface area contributed by atoms with Gasteiger partial charge in [0.15, 0.2) is 0 Å². The lowest BCUT2D eigenvalue weighted by Gasteiger charge is -2.44. The predicted molar refractivity (Wildman–Crippen MR) is 87.5 cm³/mol. The van der Waals surface area contributed by atoms with Crippen molar-refractivity contribution in [2.75, 3.05) is 23.7 Å². The number of nitrogens with zero attached hydrogens (tertiary/aromatic N) is 2. The molecular weight excluding hydrogens is 260 g/mol. The van der Waals surface area contributed by atoms with Crippen molar-refractivity contribution >= 4 is 22.7 Å². The Balaban J connectivity index is 1.51. The van der Waals surface area contributed by atoms with E-state index in [9.17, 15) is 0 Å². The first-order valence-corrected chi connectivity index (χ1v) is 8.24. The highest BCUT2D eigenvalue weighted by atomic mass is 15.3. The molecule has 0 unspecified atom stereocenters. The van der Waals surface area contributed by atoms with E-state index in [0.29, 0.717) is 5.41 Å². The molecule has 1 saturated carbocycles. The largest absolute Gasteiger partial charge is 0.399 e. The summed E-state index contributed by atoms with van der Waals surface area (Å²) in [7, 11) is 0. The van der Waals surface area contributed by atoms with Gasteiger partial charge in [0.1, 0.15) is 0 Å². The lowest BCUT2D eigenvalue weighted by Crippen LogP contribution is -2.41. The second-order valence-electron chi connectivity index (χ2n) is 6.88. The molecule has 2 heterocycles. The average Bonchev–Trinajstić information content (AvgIpc) is 2.92. The molecular formula is C17H24N4. The minimum absolute atomic E-state index is 0.644. The van der Waals surface area contributed by atoms with Gasteiger partial charge in [-0.2, -0.15) is 0 Å². The molecule has 0 bridgehead atoms. The van der Waals surface area contributed by atoms with E-state index in [0.717, 1.165) is 35.8 Å². The molecule has 0 amide bonds. The van der Waals surface area contributed by atoms with Crippen LogP contribution in [0.3, 0.4) is 0 Å². The Hall–Kier alpha value is -1.71. The topological polar surface area (TPSA) is 57.9 Å². The van der Waals surface area contributed by atoms with E-state index in [2.05, 4.69) is 9.88 Å². The average molecular weight is 284 g/mol. The van der Waals surface area contributed by atoms with Gasteiger partial charge < -0.3 is 15.6 Å². The van der Waals surface area contributed by atoms with Crippen LogP contribution in [-0.2, 0) is 0 Å². The molecule has 1 aromatic carbocycles. The second kappa shape index (κ2) is 4.93. The minimum Gasteiger partial charge on any atom is -0.399 e. The fourth-order valence-electron chi connectivity index (χ4n) is 4.16. The number of H-pyrrole nitrogens is 1. The van der Waals surface area contributed by atoms with E-state index in [1.165, 1.54) is 44.9 Å². The van der Waals surface area contributed by atoms with Crippen LogP contribution in [0.5, 0.6) is 0 Å². The zero-order chi connectivity index (χ0) is 14.3. The highest BCUT2D eigenvalue weighted by molar-refractivity contribution is 5.80. The number of piperidine rings is 1. The summed E-state index contributed by atoms with van der Waals surface area (Å²) in [5, 5.41) is 0. The number of imidazole rings is 1. The van der Waals surface area contributed by atoms with Crippen LogP contribution in [0.15, 0.2) is 18.2 Å². The number of nitrogens with two attached hydrogens (primary N) is 1. The maximum absolute atomic E-state index is 5.84. The lowest BCUT2D eigenvalue weighted by molar-refractivity contribution is 0.144. The van der Waals surface area contributed by atoms with E-state index in [4.69, 9.17) is 10.7 Å². The minimum atomic E-state index is 0.644. The normalized spacial score (nSPS) is 22.0. The number of hydrogen-bond donors (Lipinski definition) is 2. The third-order valence-electron chi connectivity index (χ3n) is 5.53. The van der Waals surface area contributed by atoms with Crippen LogP contribution < -0.4 is 10.6 Å². The van der Waals surface area contributed by atoms with Gasteiger partial charge in [-0.25, -0.2) is 4.98 Å². The third-order valence-corrected chi connectivity index (χ3v) is 5.53. The van der Waals surface area contributed by atoms with Gasteiger partial charge in [-0.15, -0.1) is 0 Å². The van der Waals surface area contributed by atoms with E-state index in [1.54, 1.807) is 0 Å². The number of hydrogen-bond acceptors (Lipinski definition) is 3. The summed E-state index contributed by atoms with van der Waals surface area (Å²) in [5.41, 5.74) is 9.33. The van der Waals surface area contributed by atoms with Crippen LogP contribution in [-0.4, -0.2) is 23.1 Å². The summed E-state index contributed by atoms with van der Waals surface area (Å²) < 4.78 is 0. The Morgan fingerprint density at radius 1 is 1.05 bits per heavy atom. The summed E-state index contributed by atoms with van der Waals surface area (Å²) in [6.45, 7) is 2.27. The van der Waals surface area contributed by atoms with Crippen molar-refractivity contribution in [1.82, 2.24) is 9.97 Å². The van der Waals surface area contributed by atoms with Gasteiger partial charge >= 0.3 is 0 Å². The highest BCUT2D eigenvalue weighted by Crippen LogP contribution is 2.44. The van der Waals surface area contributed by atoms with Gasteiger partial charge in [-0.05, 0) is 49.3 Å². The van der Waals surface area contributed by atoms with Crippen LogP contribution in [0.4, 0.5) is 11.6 Å². The first kappa shape index (κ1) is 13.0. The van der Waals surface area contributed by atoms with E-state index in [-0.39, 0.29) is 0 Å². The SMILES string of the molecule is Nc1ccc2nc(N3CCC4(CCCCC4)CC3)[nH]c2c1. The van der Waals surface area contributed by atoms with E-state index < -0.39 is 0 Å². The van der Waals surface area contributed by atoms with Crippen LogP contribution in [0.2, 0.25) is 0 Å². The second-order valence-corrected chi connectivity index (χ2v) is 6.88. The summed E-state index contributed by atoms with van der Waals surface area (Å²) in [5.74, 6) is 1.02. The Labute approximate surface area is 125 Å². The van der Waals surface area contributed by atoms with Gasteiger partial charge in [0.2, 0.25) is 5.95 Å². The fourth-order valence-corrected chi connectivity index (χ4v) is 4.16. The fraction of sp³-hybridized carbons (Fsp3) is 0.588. The monoisotopic (exact) mass is 284 g/mol. The van der Waals surface area contributed by atoms with E-state index >= 15 is 0 Å². The molecule has 112 valence electrons. The van der Waals surface area contributed by atoms with Gasteiger partial charge in [-0.1, -0.05) is 19.3 Å². The highest BCUT2D eigenvalue weighted by Gasteiger charge is 2.36. The molecule has 0 radical (unpaired) electrons. The summed E-state index contributed by atoms with van der Waals surface area (Å²) >= 11 is 0. The molecule has 4 rings (SSSR count). The maximum Gasteiger partial charge on any atom is 0.203 e. The summed E-state index contributed by atoms with van der Waals surface area (Å²) in [4.78, 5) is 10.6. The molecule has 1 saturated heterocycles. The zero-order valence-corrected chi connectivity index (χ0v) is 12.6. The van der Waals surface area contributed by atoms with Crippen molar-refractivity contribution in [3.63, 3.8) is 0 Å². The Morgan fingerprint density at radius 3 is 2.57 bits per heavy atom. The molecule has 3 N–H and O–H groups in total. The number of aromatic amines is 1. The third kappa shape index (κ3) is 2.37. The van der Waals surface area contributed by atoms with Crippen molar-refractivity contribution in [3.05, 3.63) is 18.2 Å². The van der Waals surface area contributed by atoms with Crippen molar-refractivity contribution in [3.8, 4) is 0 Å². The standard InChI is InChI=1S/C17H24N4/c18-13-4-5-14-15(12-13)20-16(19-14)21-10-8-17(9-11-21)6-2-1-3-7-17/h4-5,12H,1-3,6-11,18H2,(H,19,20). The molecule has 0 atom stereocenters. The Bertz CT molecular complexity index is 629. The molecule has 1 aliphatic carbocycles. The van der Waals surface area contributed by atoms with Crippen LogP contribution in [0, 0.1) is 5.41 Å². The van der Waals surface area contributed by atoms with Crippen LogP contribution >= 0.6 is 0 Å². The molecule has 21 heavy (non-hydrogen) atoms. The molecule has 4 nitrogen and oxygen atoms in total. The molecule has 2 aliphatic rings. The number of nitrogen functional groups attached to an aromatic ring is 1. The van der Waals surface area contributed by atoms with Crippen LogP contribution in [0.1, 0.15) is 44.9 Å². The zero-order valence-electron chi connectivity index (χ0n) is 12.6. The number of benzene rings is 1. The summed E-state index contributed by atoms with van der Waals surface area (Å²) in [6.07, 6.45) is 9.84. The van der Waals surface area contributed by atoms with E-state index in [1.807, 2.05) is 18.2 Å². The molecule has 1 spiro atoms. The first-order chi connectivity index (χ1) is 10.2. The number of rotatable bonds is 1. The first-order valence-electron chi connectivity index (χ1n) is 8.24.